The van der Waals surface area contributed by atoms with Crippen molar-refractivity contribution in [2.75, 3.05) is 18.4 Å². The molecular weight excluding hydrogens is 156 g/mol. The lowest BCUT2D eigenvalue weighted by Gasteiger charge is -2.01. The first-order valence-corrected chi connectivity index (χ1v) is 3.70. The van der Waals surface area contributed by atoms with Crippen LogP contribution in [-0.2, 0) is 0 Å². The molecule has 0 saturated carbocycles. The molecule has 0 atom stereocenters. The van der Waals surface area contributed by atoms with E-state index in [0.717, 1.165) is 0 Å². The highest BCUT2D eigenvalue weighted by molar-refractivity contribution is 5.97. The lowest BCUT2D eigenvalue weighted by molar-refractivity contribution is 0.0953. The van der Waals surface area contributed by atoms with E-state index < -0.39 is 0 Å². The number of fused-ring (bicyclic) bond motifs is 1. The molecule has 0 spiro atoms. The standard InChI is InChI=1S/C7H8N4O/c12-7-6-5(3-8-4-11-6)9-1-2-10-7/h3-4,9H,1-2H2,(H,10,12). The second-order valence-corrected chi connectivity index (χ2v) is 2.47. The van der Waals surface area contributed by atoms with Gasteiger partial charge in [0.1, 0.15) is 6.33 Å². The van der Waals surface area contributed by atoms with Gasteiger partial charge in [-0.05, 0) is 0 Å². The average Bonchev–Trinajstić information content (AvgIpc) is 2.29. The minimum atomic E-state index is -0.141. The quantitative estimate of drug-likeness (QED) is 0.549. The first-order chi connectivity index (χ1) is 5.88. The first kappa shape index (κ1) is 7.02. The molecule has 0 unspecified atom stereocenters. The van der Waals surface area contributed by atoms with Gasteiger partial charge >= 0.3 is 0 Å². The summed E-state index contributed by atoms with van der Waals surface area (Å²) in [5.74, 6) is -0.141. The van der Waals surface area contributed by atoms with Crippen molar-refractivity contribution >= 4 is 11.6 Å². The molecule has 1 amide bonds. The van der Waals surface area contributed by atoms with Gasteiger partial charge < -0.3 is 10.6 Å². The molecule has 2 rings (SSSR count). The molecule has 0 fully saturated rings. The van der Waals surface area contributed by atoms with Crippen LogP contribution in [0.1, 0.15) is 10.5 Å². The van der Waals surface area contributed by atoms with Crippen LogP contribution in [0, 0.1) is 0 Å². The van der Waals surface area contributed by atoms with Gasteiger partial charge in [-0.25, -0.2) is 9.97 Å². The van der Waals surface area contributed by atoms with E-state index in [4.69, 9.17) is 0 Å². The van der Waals surface area contributed by atoms with Gasteiger partial charge in [-0.1, -0.05) is 0 Å². The number of amides is 1. The molecule has 5 heteroatoms. The predicted molar refractivity (Wildman–Crippen MR) is 42.9 cm³/mol. The largest absolute Gasteiger partial charge is 0.380 e. The Hall–Kier alpha value is -1.65. The van der Waals surface area contributed by atoms with Crippen molar-refractivity contribution in [3.63, 3.8) is 0 Å². The minimum absolute atomic E-state index is 0.141. The molecule has 2 heterocycles. The summed E-state index contributed by atoms with van der Waals surface area (Å²) >= 11 is 0. The fraction of sp³-hybridized carbons (Fsp3) is 0.286. The van der Waals surface area contributed by atoms with Gasteiger partial charge in [0.25, 0.3) is 5.91 Å². The molecule has 1 aromatic heterocycles. The van der Waals surface area contributed by atoms with Gasteiger partial charge in [0.05, 0.1) is 11.9 Å². The van der Waals surface area contributed by atoms with Crippen LogP contribution in [0.25, 0.3) is 0 Å². The van der Waals surface area contributed by atoms with Crippen molar-refractivity contribution in [2.45, 2.75) is 0 Å². The Morgan fingerprint density at radius 1 is 1.33 bits per heavy atom. The molecule has 0 bridgehead atoms. The summed E-state index contributed by atoms with van der Waals surface area (Å²) < 4.78 is 0. The Morgan fingerprint density at radius 3 is 3.08 bits per heavy atom. The van der Waals surface area contributed by atoms with Crippen LogP contribution >= 0.6 is 0 Å². The molecule has 5 nitrogen and oxygen atoms in total. The van der Waals surface area contributed by atoms with Crippen molar-refractivity contribution in [2.24, 2.45) is 0 Å². The van der Waals surface area contributed by atoms with Gasteiger partial charge in [0.2, 0.25) is 0 Å². The number of carbonyl (C=O) groups excluding carboxylic acids is 1. The van der Waals surface area contributed by atoms with Gasteiger partial charge in [-0.3, -0.25) is 4.79 Å². The summed E-state index contributed by atoms with van der Waals surface area (Å²) in [4.78, 5) is 19.0. The summed E-state index contributed by atoms with van der Waals surface area (Å²) in [6.45, 7) is 1.33. The molecule has 1 aliphatic heterocycles. The zero-order valence-electron chi connectivity index (χ0n) is 6.37. The second-order valence-electron chi connectivity index (χ2n) is 2.47. The fourth-order valence-electron chi connectivity index (χ4n) is 1.10. The van der Waals surface area contributed by atoms with Crippen molar-refractivity contribution in [1.82, 2.24) is 15.3 Å². The number of hydrogen-bond acceptors (Lipinski definition) is 4. The fourth-order valence-corrected chi connectivity index (χ4v) is 1.10. The van der Waals surface area contributed by atoms with Crippen LogP contribution in [0.3, 0.4) is 0 Å². The Bertz CT molecular complexity index is 312. The van der Waals surface area contributed by atoms with Crippen molar-refractivity contribution in [3.8, 4) is 0 Å². The second kappa shape index (κ2) is 2.77. The van der Waals surface area contributed by atoms with E-state index in [-0.39, 0.29) is 5.91 Å². The van der Waals surface area contributed by atoms with E-state index in [1.165, 1.54) is 6.33 Å². The lowest BCUT2D eigenvalue weighted by Crippen LogP contribution is -2.25. The molecule has 62 valence electrons. The molecule has 0 saturated heterocycles. The van der Waals surface area contributed by atoms with E-state index in [1.54, 1.807) is 6.20 Å². The number of hydrogen-bond donors (Lipinski definition) is 2. The smallest absolute Gasteiger partial charge is 0.272 e. The lowest BCUT2D eigenvalue weighted by atomic mass is 10.3. The monoisotopic (exact) mass is 164 g/mol. The van der Waals surface area contributed by atoms with Crippen molar-refractivity contribution in [3.05, 3.63) is 18.2 Å². The summed E-state index contributed by atoms with van der Waals surface area (Å²) in [5.41, 5.74) is 1.12. The summed E-state index contributed by atoms with van der Waals surface area (Å²) in [6.07, 6.45) is 2.97. The van der Waals surface area contributed by atoms with Gasteiger partial charge in [0.15, 0.2) is 5.69 Å². The molecular formula is C7H8N4O. The van der Waals surface area contributed by atoms with E-state index >= 15 is 0 Å². The molecule has 2 N–H and O–H groups in total. The Labute approximate surface area is 69.2 Å². The molecule has 1 aromatic rings. The van der Waals surface area contributed by atoms with Crippen LogP contribution in [0.15, 0.2) is 12.5 Å². The van der Waals surface area contributed by atoms with Crippen LogP contribution < -0.4 is 10.6 Å². The highest BCUT2D eigenvalue weighted by Gasteiger charge is 2.14. The molecule has 0 radical (unpaired) electrons. The maximum atomic E-state index is 11.3. The van der Waals surface area contributed by atoms with Gasteiger partial charge in [0, 0.05) is 13.1 Å². The number of aromatic nitrogens is 2. The summed E-state index contributed by atoms with van der Waals surface area (Å²) in [6, 6.07) is 0. The molecule has 1 aliphatic rings. The third-order valence-corrected chi connectivity index (χ3v) is 1.65. The highest BCUT2D eigenvalue weighted by atomic mass is 16.1. The maximum Gasteiger partial charge on any atom is 0.272 e. The van der Waals surface area contributed by atoms with Gasteiger partial charge in [-0.15, -0.1) is 0 Å². The molecule has 0 aliphatic carbocycles. The van der Waals surface area contributed by atoms with Crippen molar-refractivity contribution < 1.29 is 4.79 Å². The predicted octanol–water partition coefficient (Wildman–Crippen LogP) is -0.368. The van der Waals surface area contributed by atoms with Crippen LogP contribution in [0.2, 0.25) is 0 Å². The molecule has 12 heavy (non-hydrogen) atoms. The van der Waals surface area contributed by atoms with E-state index in [2.05, 4.69) is 20.6 Å². The van der Waals surface area contributed by atoms with Crippen LogP contribution in [0.4, 0.5) is 5.69 Å². The SMILES string of the molecule is O=C1NCCNc2cncnc21. The number of nitrogens with zero attached hydrogens (tertiary/aromatic N) is 2. The topological polar surface area (TPSA) is 66.9 Å². The Morgan fingerprint density at radius 2 is 2.17 bits per heavy atom. The number of carbonyl (C=O) groups is 1. The van der Waals surface area contributed by atoms with Gasteiger partial charge in [-0.2, -0.15) is 0 Å². The Kier molecular flexibility index (Phi) is 1.62. The third kappa shape index (κ3) is 1.09. The molecule has 0 aromatic carbocycles. The van der Waals surface area contributed by atoms with Crippen molar-refractivity contribution in [1.29, 1.82) is 0 Å². The normalized spacial score (nSPS) is 15.5. The Balaban J connectivity index is 2.46. The van der Waals surface area contributed by atoms with Crippen LogP contribution in [0.5, 0.6) is 0 Å². The zero-order valence-corrected chi connectivity index (χ0v) is 6.37. The summed E-state index contributed by atoms with van der Waals surface area (Å²) in [7, 11) is 0. The highest BCUT2D eigenvalue weighted by Crippen LogP contribution is 2.11. The summed E-state index contributed by atoms with van der Waals surface area (Å²) in [5, 5.41) is 5.76. The number of nitrogens with one attached hydrogen (secondary N) is 2. The maximum absolute atomic E-state index is 11.3. The zero-order chi connectivity index (χ0) is 8.39. The number of rotatable bonds is 0. The first-order valence-electron chi connectivity index (χ1n) is 3.70. The minimum Gasteiger partial charge on any atom is -0.380 e. The van der Waals surface area contributed by atoms with E-state index in [1.807, 2.05) is 0 Å². The third-order valence-electron chi connectivity index (χ3n) is 1.65. The average molecular weight is 164 g/mol. The van der Waals surface area contributed by atoms with E-state index in [0.29, 0.717) is 24.5 Å². The van der Waals surface area contributed by atoms with E-state index in [9.17, 15) is 4.79 Å². The number of anilines is 1. The van der Waals surface area contributed by atoms with Crippen LogP contribution in [-0.4, -0.2) is 29.0 Å².